The Morgan fingerprint density at radius 1 is 1.08 bits per heavy atom. The summed E-state index contributed by atoms with van der Waals surface area (Å²) in [6, 6.07) is 16.0. The molecule has 2 aromatic carbocycles. The fourth-order valence-corrected chi connectivity index (χ4v) is 3.98. The Morgan fingerprint density at radius 2 is 1.84 bits per heavy atom. The molecule has 0 amide bonds. The zero-order valence-electron chi connectivity index (χ0n) is 13.8. The van der Waals surface area contributed by atoms with E-state index in [0.29, 0.717) is 18.5 Å². The molecule has 3 heterocycles. The van der Waals surface area contributed by atoms with E-state index in [1.165, 1.54) is 16.5 Å². The Morgan fingerprint density at radius 3 is 2.68 bits per heavy atom. The molecule has 5 rings (SSSR count). The van der Waals surface area contributed by atoms with Crippen molar-refractivity contribution in [1.29, 1.82) is 0 Å². The van der Waals surface area contributed by atoms with Crippen LogP contribution in [0.1, 0.15) is 5.56 Å². The Balaban J connectivity index is 1.95. The van der Waals surface area contributed by atoms with Gasteiger partial charge in [-0.3, -0.25) is 9.36 Å². The van der Waals surface area contributed by atoms with E-state index in [1.807, 2.05) is 41.0 Å². The molecule has 2 aromatic heterocycles. The van der Waals surface area contributed by atoms with E-state index >= 15 is 0 Å². The highest BCUT2D eigenvalue weighted by Gasteiger charge is 2.26. The fraction of sp³-hybridized carbons (Fsp3) is 0.143. The summed E-state index contributed by atoms with van der Waals surface area (Å²) in [5.74, 6) is 0.767. The lowest BCUT2D eigenvalue weighted by Crippen LogP contribution is -2.28. The van der Waals surface area contributed by atoms with Crippen molar-refractivity contribution in [2.45, 2.75) is 19.5 Å². The van der Waals surface area contributed by atoms with Crippen LogP contribution in [0.4, 0.5) is 0 Å². The molecule has 0 aliphatic carbocycles. The van der Waals surface area contributed by atoms with Gasteiger partial charge in [-0.15, -0.1) is 6.58 Å². The number of aromatic nitrogens is 3. The van der Waals surface area contributed by atoms with Crippen molar-refractivity contribution >= 4 is 21.8 Å². The van der Waals surface area contributed by atoms with Crippen molar-refractivity contribution in [3.8, 4) is 11.5 Å². The number of para-hydroxylation sites is 2. The van der Waals surface area contributed by atoms with Crippen molar-refractivity contribution in [1.82, 2.24) is 14.1 Å². The summed E-state index contributed by atoms with van der Waals surface area (Å²) in [5.41, 5.74) is 4.29. The van der Waals surface area contributed by atoms with E-state index in [2.05, 4.69) is 29.3 Å². The van der Waals surface area contributed by atoms with Gasteiger partial charge in [-0.05, 0) is 30.2 Å². The van der Waals surface area contributed by atoms with Crippen LogP contribution in [0.5, 0.6) is 0 Å². The summed E-state index contributed by atoms with van der Waals surface area (Å²) in [6.45, 7) is 5.27. The maximum absolute atomic E-state index is 13.0. The summed E-state index contributed by atoms with van der Waals surface area (Å²) in [4.78, 5) is 17.8. The van der Waals surface area contributed by atoms with Gasteiger partial charge < -0.3 is 4.57 Å². The first-order chi connectivity index (χ1) is 12.3. The van der Waals surface area contributed by atoms with Crippen LogP contribution in [0.2, 0.25) is 0 Å². The lowest BCUT2D eigenvalue weighted by atomic mass is 10.0. The molecule has 4 aromatic rings. The molecule has 0 fully saturated rings. The molecule has 0 spiro atoms. The predicted octanol–water partition coefficient (Wildman–Crippen LogP) is 3.76. The minimum atomic E-state index is 0.0432. The second-order valence-electron chi connectivity index (χ2n) is 6.40. The summed E-state index contributed by atoms with van der Waals surface area (Å²) < 4.78 is 4.05. The van der Waals surface area contributed by atoms with Crippen LogP contribution in [0.15, 0.2) is 66.0 Å². The first kappa shape index (κ1) is 14.2. The first-order valence-corrected chi connectivity index (χ1v) is 8.50. The number of rotatable bonds is 2. The molecule has 0 bridgehead atoms. The first-order valence-electron chi connectivity index (χ1n) is 8.50. The SMILES string of the molecule is C=CCn1c2c(c3ccccc31)CCn1c-2nc2ccccc2c1=O. The minimum absolute atomic E-state index is 0.0432. The largest absolute Gasteiger partial charge is 0.334 e. The standard InChI is InChI=1S/C21H17N3O/c1-2-12-23-18-10-6-4-7-14(18)15-11-13-24-20(19(15)23)22-17-9-5-3-8-16(17)21(24)25/h2-10H,1,11-13H2. The third kappa shape index (κ3) is 1.88. The molecule has 0 N–H and O–H groups in total. The van der Waals surface area contributed by atoms with E-state index < -0.39 is 0 Å². The van der Waals surface area contributed by atoms with Crippen LogP contribution >= 0.6 is 0 Å². The minimum Gasteiger partial charge on any atom is -0.334 e. The second-order valence-corrected chi connectivity index (χ2v) is 6.40. The van der Waals surface area contributed by atoms with E-state index in [0.717, 1.165) is 23.5 Å². The third-order valence-electron chi connectivity index (χ3n) is 5.05. The van der Waals surface area contributed by atoms with Crippen molar-refractivity contribution < 1.29 is 0 Å². The Kier molecular flexibility index (Phi) is 2.95. The maximum Gasteiger partial charge on any atom is 0.261 e. The Labute approximate surface area is 144 Å². The van der Waals surface area contributed by atoms with Gasteiger partial charge in [0.1, 0.15) is 0 Å². The molecule has 1 aliphatic rings. The highest BCUT2D eigenvalue weighted by molar-refractivity contribution is 5.92. The molecule has 4 nitrogen and oxygen atoms in total. The Bertz CT molecular complexity index is 1210. The van der Waals surface area contributed by atoms with E-state index in [9.17, 15) is 4.79 Å². The van der Waals surface area contributed by atoms with E-state index in [4.69, 9.17) is 4.98 Å². The van der Waals surface area contributed by atoms with Gasteiger partial charge in [-0.2, -0.15) is 0 Å². The molecule has 0 radical (unpaired) electrons. The fourth-order valence-electron chi connectivity index (χ4n) is 3.98. The topological polar surface area (TPSA) is 39.8 Å². The van der Waals surface area contributed by atoms with Gasteiger partial charge in [0.05, 0.1) is 16.6 Å². The zero-order chi connectivity index (χ0) is 17.0. The smallest absolute Gasteiger partial charge is 0.261 e. The second kappa shape index (κ2) is 5.18. The highest BCUT2D eigenvalue weighted by atomic mass is 16.1. The van der Waals surface area contributed by atoms with Gasteiger partial charge in [0.15, 0.2) is 5.82 Å². The molecule has 4 heteroatoms. The normalized spacial score (nSPS) is 13.0. The predicted molar refractivity (Wildman–Crippen MR) is 101 cm³/mol. The molecule has 0 atom stereocenters. The number of nitrogens with zero attached hydrogens (tertiary/aromatic N) is 3. The van der Waals surface area contributed by atoms with Gasteiger partial charge in [0, 0.05) is 24.0 Å². The van der Waals surface area contributed by atoms with E-state index in [1.54, 1.807) is 0 Å². The monoisotopic (exact) mass is 327 g/mol. The van der Waals surface area contributed by atoms with Crippen LogP contribution in [-0.4, -0.2) is 14.1 Å². The van der Waals surface area contributed by atoms with Crippen LogP contribution in [0, 0.1) is 0 Å². The van der Waals surface area contributed by atoms with Crippen molar-refractivity contribution in [2.24, 2.45) is 0 Å². The number of fused-ring (bicyclic) bond motifs is 6. The molecule has 1 aliphatic heterocycles. The molecule has 0 saturated carbocycles. The average Bonchev–Trinajstić information content (AvgIpc) is 2.97. The summed E-state index contributed by atoms with van der Waals surface area (Å²) in [6.07, 6.45) is 2.73. The number of benzene rings is 2. The van der Waals surface area contributed by atoms with Crippen LogP contribution in [0.3, 0.4) is 0 Å². The summed E-state index contributed by atoms with van der Waals surface area (Å²) >= 11 is 0. The number of hydrogen-bond donors (Lipinski definition) is 0. The lowest BCUT2D eigenvalue weighted by Gasteiger charge is -2.21. The average molecular weight is 327 g/mol. The number of aryl methyl sites for hydroxylation is 1. The van der Waals surface area contributed by atoms with Gasteiger partial charge in [-0.1, -0.05) is 36.4 Å². The summed E-state index contributed by atoms with van der Waals surface area (Å²) in [7, 11) is 0. The molecule has 25 heavy (non-hydrogen) atoms. The van der Waals surface area contributed by atoms with Crippen molar-refractivity contribution in [3.63, 3.8) is 0 Å². The van der Waals surface area contributed by atoms with Gasteiger partial charge in [0.25, 0.3) is 5.56 Å². The quantitative estimate of drug-likeness (QED) is 0.526. The molecule has 122 valence electrons. The molecule has 0 saturated heterocycles. The summed E-state index contributed by atoms with van der Waals surface area (Å²) in [5, 5.41) is 1.93. The van der Waals surface area contributed by atoms with Crippen LogP contribution in [-0.2, 0) is 19.5 Å². The number of allylic oxidation sites excluding steroid dienone is 1. The van der Waals surface area contributed by atoms with Crippen molar-refractivity contribution in [2.75, 3.05) is 0 Å². The molecular weight excluding hydrogens is 310 g/mol. The third-order valence-corrected chi connectivity index (χ3v) is 5.05. The zero-order valence-corrected chi connectivity index (χ0v) is 13.8. The van der Waals surface area contributed by atoms with Crippen LogP contribution in [0.25, 0.3) is 33.3 Å². The molecular formula is C21H17N3O. The number of hydrogen-bond acceptors (Lipinski definition) is 2. The highest BCUT2D eigenvalue weighted by Crippen LogP contribution is 2.36. The maximum atomic E-state index is 13.0. The van der Waals surface area contributed by atoms with E-state index in [-0.39, 0.29) is 5.56 Å². The van der Waals surface area contributed by atoms with Gasteiger partial charge in [-0.25, -0.2) is 4.98 Å². The van der Waals surface area contributed by atoms with Crippen LogP contribution < -0.4 is 5.56 Å². The molecule has 0 unspecified atom stereocenters. The Hall–Kier alpha value is -3.14. The lowest BCUT2D eigenvalue weighted by molar-refractivity contribution is 0.643. The van der Waals surface area contributed by atoms with Crippen molar-refractivity contribution in [3.05, 3.63) is 77.1 Å². The van der Waals surface area contributed by atoms with Gasteiger partial charge in [0.2, 0.25) is 0 Å². The van der Waals surface area contributed by atoms with Gasteiger partial charge >= 0.3 is 0 Å².